The van der Waals surface area contributed by atoms with Gasteiger partial charge in [0.25, 0.3) is 0 Å². The Labute approximate surface area is 181 Å². The third-order valence-corrected chi connectivity index (χ3v) is 10.6. The molecule has 160 valence electrons. The zero-order valence-corrected chi connectivity index (χ0v) is 19.9. The molecule has 4 aliphatic rings. The molecule has 0 bridgehead atoms. The highest BCUT2D eigenvalue weighted by Crippen LogP contribution is 2.66. The van der Waals surface area contributed by atoms with Gasteiger partial charge in [0.05, 0.1) is 0 Å². The number of hydrogen-bond donors (Lipinski definition) is 1. The van der Waals surface area contributed by atoms with Crippen molar-refractivity contribution in [2.75, 3.05) is 0 Å². The summed E-state index contributed by atoms with van der Waals surface area (Å²) in [7, 11) is 0. The van der Waals surface area contributed by atoms with Crippen LogP contribution in [0.4, 0.5) is 0 Å². The fourth-order valence-corrected chi connectivity index (χ4v) is 8.72. The average molecular weight is 403 g/mol. The van der Waals surface area contributed by atoms with Crippen molar-refractivity contribution in [2.45, 2.75) is 122 Å². The Morgan fingerprint density at radius 1 is 0.929 bits per heavy atom. The normalized spacial score (nSPS) is 45.1. The van der Waals surface area contributed by atoms with E-state index in [1.165, 1.54) is 96.3 Å². The third-order valence-electron chi connectivity index (χ3n) is 10.2. The van der Waals surface area contributed by atoms with Crippen molar-refractivity contribution in [2.24, 2.45) is 34.5 Å². The molecular formula is C27H46S. The molecule has 28 heavy (non-hydrogen) atoms. The summed E-state index contributed by atoms with van der Waals surface area (Å²) in [6.07, 6.45) is 24.5. The SMILES string of the molecule is CCCCCCCC[C@@H]1CC[C@@H]2[C@H]3CC=C4C[C@@H](S)CC[C@]4(C)[C@@H]3CC[C@]12C. The highest BCUT2D eigenvalue weighted by molar-refractivity contribution is 7.80. The molecule has 0 unspecified atom stereocenters. The van der Waals surface area contributed by atoms with E-state index in [2.05, 4.69) is 26.8 Å². The van der Waals surface area contributed by atoms with Gasteiger partial charge >= 0.3 is 0 Å². The van der Waals surface area contributed by atoms with Crippen molar-refractivity contribution in [3.05, 3.63) is 11.6 Å². The van der Waals surface area contributed by atoms with Gasteiger partial charge in [-0.1, -0.05) is 70.9 Å². The van der Waals surface area contributed by atoms with Crippen molar-refractivity contribution >= 4 is 12.6 Å². The summed E-state index contributed by atoms with van der Waals surface area (Å²) in [6, 6.07) is 0. The second kappa shape index (κ2) is 8.68. The van der Waals surface area contributed by atoms with Gasteiger partial charge in [0.1, 0.15) is 0 Å². The molecule has 0 aromatic carbocycles. The van der Waals surface area contributed by atoms with E-state index in [1.807, 2.05) is 0 Å². The van der Waals surface area contributed by atoms with Gasteiger partial charge in [-0.25, -0.2) is 0 Å². The Hall–Kier alpha value is 0.0900. The summed E-state index contributed by atoms with van der Waals surface area (Å²) in [5, 5.41) is 0.623. The first kappa shape index (κ1) is 21.3. The van der Waals surface area contributed by atoms with Crippen LogP contribution in [0.1, 0.15) is 117 Å². The topological polar surface area (TPSA) is 0 Å². The highest BCUT2D eigenvalue weighted by atomic mass is 32.1. The number of allylic oxidation sites excluding steroid dienone is 2. The van der Waals surface area contributed by atoms with Crippen LogP contribution in [-0.2, 0) is 0 Å². The summed E-state index contributed by atoms with van der Waals surface area (Å²) in [5.74, 6) is 3.99. The van der Waals surface area contributed by atoms with Gasteiger partial charge in [-0.15, -0.1) is 0 Å². The van der Waals surface area contributed by atoms with Crippen molar-refractivity contribution in [3.63, 3.8) is 0 Å². The molecule has 0 N–H and O–H groups in total. The van der Waals surface area contributed by atoms with Gasteiger partial charge in [0, 0.05) is 5.25 Å². The van der Waals surface area contributed by atoms with Crippen molar-refractivity contribution < 1.29 is 0 Å². The number of rotatable bonds is 7. The maximum absolute atomic E-state index is 4.84. The maximum atomic E-state index is 4.84. The van der Waals surface area contributed by atoms with Crippen molar-refractivity contribution in [3.8, 4) is 0 Å². The molecular weight excluding hydrogens is 356 g/mol. The molecule has 0 aromatic rings. The van der Waals surface area contributed by atoms with Gasteiger partial charge in [0.15, 0.2) is 0 Å². The smallest absolute Gasteiger partial charge is 0.00545 e. The van der Waals surface area contributed by atoms with Crippen LogP contribution in [0.2, 0.25) is 0 Å². The van der Waals surface area contributed by atoms with Gasteiger partial charge < -0.3 is 0 Å². The van der Waals surface area contributed by atoms with Crippen LogP contribution in [0.25, 0.3) is 0 Å². The lowest BCUT2D eigenvalue weighted by Gasteiger charge is -2.58. The standard InChI is InChI=1S/C27H46S/c1-4-5-6-7-8-9-10-20-12-14-24-23-13-11-21-19-22(28)15-17-27(21,3)25(23)16-18-26(20,24)2/h11,20,22-25,28H,4-10,12-19H2,1-3H3/t20-,22+,23-,24-,25-,26-,27+/m1/s1. The number of hydrogen-bond acceptors (Lipinski definition) is 1. The molecule has 4 rings (SSSR count). The predicted molar refractivity (Wildman–Crippen MR) is 126 cm³/mol. The largest absolute Gasteiger partial charge is 0.176 e. The molecule has 0 heterocycles. The van der Waals surface area contributed by atoms with Gasteiger partial charge in [0.2, 0.25) is 0 Å². The van der Waals surface area contributed by atoms with E-state index in [9.17, 15) is 0 Å². The molecule has 0 saturated heterocycles. The van der Waals surface area contributed by atoms with Crippen LogP contribution < -0.4 is 0 Å². The summed E-state index contributed by atoms with van der Waals surface area (Å²) >= 11 is 4.84. The predicted octanol–water partition coefficient (Wildman–Crippen LogP) is 8.61. The molecule has 0 nitrogen and oxygen atoms in total. The lowest BCUT2D eigenvalue weighted by atomic mass is 9.47. The molecule has 0 amide bonds. The Kier molecular flexibility index (Phi) is 6.61. The Bertz CT molecular complexity index is 565. The van der Waals surface area contributed by atoms with E-state index in [0.29, 0.717) is 16.1 Å². The Morgan fingerprint density at radius 2 is 1.71 bits per heavy atom. The Balaban J connectivity index is 1.39. The van der Waals surface area contributed by atoms with Crippen LogP contribution >= 0.6 is 12.6 Å². The van der Waals surface area contributed by atoms with Crippen LogP contribution in [0.3, 0.4) is 0 Å². The van der Waals surface area contributed by atoms with E-state index >= 15 is 0 Å². The number of unbranched alkanes of at least 4 members (excludes halogenated alkanes) is 5. The first-order chi connectivity index (χ1) is 13.5. The number of fused-ring (bicyclic) bond motifs is 5. The van der Waals surface area contributed by atoms with E-state index in [0.717, 1.165) is 23.7 Å². The van der Waals surface area contributed by atoms with E-state index in [1.54, 1.807) is 5.57 Å². The monoisotopic (exact) mass is 402 g/mol. The first-order valence-corrected chi connectivity index (χ1v) is 13.4. The zero-order valence-electron chi connectivity index (χ0n) is 19.0. The maximum Gasteiger partial charge on any atom is 0.00545 e. The van der Waals surface area contributed by atoms with Gasteiger partial charge in [-0.05, 0) is 92.3 Å². The lowest BCUT2D eigenvalue weighted by molar-refractivity contribution is -0.0421. The third kappa shape index (κ3) is 3.76. The van der Waals surface area contributed by atoms with Crippen LogP contribution in [-0.4, -0.2) is 5.25 Å². The van der Waals surface area contributed by atoms with Crippen LogP contribution in [0, 0.1) is 34.5 Å². The van der Waals surface area contributed by atoms with Crippen LogP contribution in [0.15, 0.2) is 11.6 Å². The summed E-state index contributed by atoms with van der Waals surface area (Å²) in [5.41, 5.74) is 2.97. The minimum Gasteiger partial charge on any atom is -0.176 e. The minimum absolute atomic E-state index is 0.515. The molecule has 4 aliphatic carbocycles. The van der Waals surface area contributed by atoms with E-state index in [-0.39, 0.29) is 0 Å². The fourth-order valence-electron chi connectivity index (χ4n) is 8.40. The molecule has 0 aliphatic heterocycles. The molecule has 1 heteroatoms. The summed E-state index contributed by atoms with van der Waals surface area (Å²) < 4.78 is 0. The lowest BCUT2D eigenvalue weighted by Crippen LogP contribution is -2.50. The zero-order chi connectivity index (χ0) is 19.8. The quantitative estimate of drug-likeness (QED) is 0.246. The fraction of sp³-hybridized carbons (Fsp3) is 0.926. The molecule has 3 saturated carbocycles. The second-order valence-electron chi connectivity index (χ2n) is 11.5. The molecule has 3 fully saturated rings. The molecule has 7 atom stereocenters. The summed E-state index contributed by atoms with van der Waals surface area (Å²) in [4.78, 5) is 0. The molecule has 0 spiro atoms. The minimum atomic E-state index is 0.515. The summed E-state index contributed by atoms with van der Waals surface area (Å²) in [6.45, 7) is 7.68. The van der Waals surface area contributed by atoms with Crippen LogP contribution in [0.5, 0.6) is 0 Å². The molecule has 0 radical (unpaired) electrons. The van der Waals surface area contributed by atoms with E-state index in [4.69, 9.17) is 12.6 Å². The first-order valence-electron chi connectivity index (χ1n) is 12.9. The van der Waals surface area contributed by atoms with Crippen molar-refractivity contribution in [1.29, 1.82) is 0 Å². The van der Waals surface area contributed by atoms with Gasteiger partial charge in [-0.3, -0.25) is 0 Å². The van der Waals surface area contributed by atoms with E-state index < -0.39 is 0 Å². The van der Waals surface area contributed by atoms with Crippen molar-refractivity contribution in [1.82, 2.24) is 0 Å². The second-order valence-corrected chi connectivity index (χ2v) is 12.3. The average Bonchev–Trinajstić information content (AvgIpc) is 3.01. The highest BCUT2D eigenvalue weighted by Gasteiger charge is 2.58. The Morgan fingerprint density at radius 3 is 2.54 bits per heavy atom. The number of thiol groups is 1. The van der Waals surface area contributed by atoms with Gasteiger partial charge in [-0.2, -0.15) is 12.6 Å². The molecule has 0 aromatic heterocycles.